The first kappa shape index (κ1) is 18.9. The van der Waals surface area contributed by atoms with E-state index in [4.69, 9.17) is 0 Å². The summed E-state index contributed by atoms with van der Waals surface area (Å²) in [6.07, 6.45) is 9.21. The molecular formula is C22H32N2O2. The van der Waals surface area contributed by atoms with E-state index in [9.17, 15) is 9.59 Å². The third-order valence-electron chi connectivity index (χ3n) is 6.00. The van der Waals surface area contributed by atoms with Gasteiger partial charge in [-0.3, -0.25) is 9.59 Å². The fourth-order valence-electron chi connectivity index (χ4n) is 4.31. The molecule has 1 aliphatic carbocycles. The summed E-state index contributed by atoms with van der Waals surface area (Å²) >= 11 is 0. The van der Waals surface area contributed by atoms with E-state index in [2.05, 4.69) is 0 Å². The topological polar surface area (TPSA) is 40.6 Å². The molecule has 4 nitrogen and oxygen atoms in total. The van der Waals surface area contributed by atoms with Crippen molar-refractivity contribution in [2.75, 3.05) is 26.2 Å². The lowest BCUT2D eigenvalue weighted by Crippen LogP contribution is -2.37. The van der Waals surface area contributed by atoms with Crippen LogP contribution in [-0.4, -0.2) is 47.8 Å². The molecule has 0 aromatic heterocycles. The predicted octanol–water partition coefficient (Wildman–Crippen LogP) is 4.03. The molecule has 4 heteroatoms. The molecule has 0 spiro atoms. The third-order valence-corrected chi connectivity index (χ3v) is 6.00. The Bertz CT molecular complexity index is 622. The van der Waals surface area contributed by atoms with E-state index in [0.717, 1.165) is 43.0 Å². The molecule has 0 unspecified atom stereocenters. The van der Waals surface area contributed by atoms with Gasteiger partial charge in [0.05, 0.1) is 0 Å². The predicted molar refractivity (Wildman–Crippen MR) is 104 cm³/mol. The van der Waals surface area contributed by atoms with Crippen LogP contribution in [-0.2, 0) is 4.79 Å². The van der Waals surface area contributed by atoms with E-state index in [0.29, 0.717) is 19.5 Å². The highest BCUT2D eigenvalue weighted by Crippen LogP contribution is 2.27. The summed E-state index contributed by atoms with van der Waals surface area (Å²) in [5.74, 6) is 1.12. The molecule has 26 heavy (non-hydrogen) atoms. The number of amides is 2. The number of hydrogen-bond donors (Lipinski definition) is 0. The molecule has 1 aliphatic heterocycles. The summed E-state index contributed by atoms with van der Waals surface area (Å²) in [7, 11) is 0. The molecule has 0 N–H and O–H groups in total. The third kappa shape index (κ3) is 4.87. The van der Waals surface area contributed by atoms with Crippen molar-refractivity contribution in [2.24, 2.45) is 5.92 Å². The standard InChI is InChI=1S/C22H32N2O2/c1-18-8-5-6-11-20(18)22(26)24-15-7-14-23(16-17-24)21(25)13-12-19-9-3-2-4-10-19/h5-6,8,11,19H,2-4,7,9-10,12-17H2,1H3. The van der Waals surface area contributed by atoms with Crippen LogP contribution in [0.15, 0.2) is 24.3 Å². The van der Waals surface area contributed by atoms with Gasteiger partial charge in [0.15, 0.2) is 0 Å². The van der Waals surface area contributed by atoms with Gasteiger partial charge in [0.2, 0.25) is 5.91 Å². The Balaban J connectivity index is 1.50. The molecule has 1 heterocycles. The highest BCUT2D eigenvalue weighted by Gasteiger charge is 2.24. The summed E-state index contributed by atoms with van der Waals surface area (Å²) in [5.41, 5.74) is 1.80. The van der Waals surface area contributed by atoms with Gasteiger partial charge >= 0.3 is 0 Å². The molecule has 1 aromatic carbocycles. The first-order chi connectivity index (χ1) is 12.6. The minimum atomic E-state index is 0.0969. The quantitative estimate of drug-likeness (QED) is 0.817. The van der Waals surface area contributed by atoms with E-state index in [-0.39, 0.29) is 11.8 Å². The molecule has 0 bridgehead atoms. The molecule has 142 valence electrons. The summed E-state index contributed by atoms with van der Waals surface area (Å²) in [6.45, 7) is 4.80. The van der Waals surface area contributed by atoms with Gasteiger partial charge in [-0.2, -0.15) is 0 Å². The Kier molecular flexibility index (Phi) is 6.70. The SMILES string of the molecule is Cc1ccccc1C(=O)N1CCCN(C(=O)CCC2CCCCC2)CC1. The van der Waals surface area contributed by atoms with Crippen molar-refractivity contribution in [3.63, 3.8) is 0 Å². The Hall–Kier alpha value is -1.84. The normalized spacial score (nSPS) is 19.3. The van der Waals surface area contributed by atoms with Gasteiger partial charge in [-0.15, -0.1) is 0 Å². The van der Waals surface area contributed by atoms with Crippen LogP contribution < -0.4 is 0 Å². The number of rotatable bonds is 4. The largest absolute Gasteiger partial charge is 0.341 e. The van der Waals surface area contributed by atoms with Gasteiger partial charge < -0.3 is 9.80 Å². The lowest BCUT2D eigenvalue weighted by Gasteiger charge is -2.25. The molecule has 2 aliphatic rings. The van der Waals surface area contributed by atoms with E-state index in [1.807, 2.05) is 41.0 Å². The summed E-state index contributed by atoms with van der Waals surface area (Å²) in [6, 6.07) is 7.75. The van der Waals surface area contributed by atoms with Crippen LogP contribution in [0.5, 0.6) is 0 Å². The zero-order chi connectivity index (χ0) is 18.4. The maximum absolute atomic E-state index is 12.8. The van der Waals surface area contributed by atoms with Crippen LogP contribution in [0.25, 0.3) is 0 Å². The molecule has 0 atom stereocenters. The Labute approximate surface area is 157 Å². The molecule has 0 radical (unpaired) electrons. The molecule has 1 saturated heterocycles. The second kappa shape index (κ2) is 9.20. The molecule has 1 saturated carbocycles. The zero-order valence-electron chi connectivity index (χ0n) is 16.1. The molecule has 3 rings (SSSR count). The zero-order valence-corrected chi connectivity index (χ0v) is 16.1. The van der Waals surface area contributed by atoms with Gasteiger partial charge in [-0.05, 0) is 37.3 Å². The van der Waals surface area contributed by atoms with E-state index < -0.39 is 0 Å². The molecule has 2 amide bonds. The Morgan fingerprint density at radius 2 is 1.62 bits per heavy atom. The number of carbonyl (C=O) groups is 2. The van der Waals surface area contributed by atoms with Crippen LogP contribution in [0.2, 0.25) is 0 Å². The maximum atomic E-state index is 12.8. The average molecular weight is 357 g/mol. The van der Waals surface area contributed by atoms with Crippen molar-refractivity contribution in [3.8, 4) is 0 Å². The molecule has 1 aromatic rings. The van der Waals surface area contributed by atoms with Crippen molar-refractivity contribution < 1.29 is 9.59 Å². The summed E-state index contributed by atoms with van der Waals surface area (Å²) in [5, 5.41) is 0. The van der Waals surface area contributed by atoms with Crippen molar-refractivity contribution >= 4 is 11.8 Å². The highest BCUT2D eigenvalue weighted by molar-refractivity contribution is 5.95. The Morgan fingerprint density at radius 3 is 2.38 bits per heavy atom. The first-order valence-corrected chi connectivity index (χ1v) is 10.3. The fraction of sp³-hybridized carbons (Fsp3) is 0.636. The fourth-order valence-corrected chi connectivity index (χ4v) is 4.31. The smallest absolute Gasteiger partial charge is 0.254 e. The second-order valence-corrected chi connectivity index (χ2v) is 7.88. The van der Waals surface area contributed by atoms with Crippen molar-refractivity contribution in [3.05, 3.63) is 35.4 Å². The molecular weight excluding hydrogens is 324 g/mol. The number of aryl methyl sites for hydroxylation is 1. The van der Waals surface area contributed by atoms with Crippen LogP contribution in [0.4, 0.5) is 0 Å². The van der Waals surface area contributed by atoms with Crippen LogP contribution in [0.3, 0.4) is 0 Å². The van der Waals surface area contributed by atoms with Crippen LogP contribution in [0.1, 0.15) is 67.3 Å². The number of benzene rings is 1. The first-order valence-electron chi connectivity index (χ1n) is 10.3. The monoisotopic (exact) mass is 356 g/mol. The number of nitrogens with zero attached hydrogens (tertiary/aromatic N) is 2. The van der Waals surface area contributed by atoms with Gasteiger partial charge in [0.25, 0.3) is 5.91 Å². The van der Waals surface area contributed by atoms with Crippen molar-refractivity contribution in [1.29, 1.82) is 0 Å². The average Bonchev–Trinajstić information content (AvgIpc) is 2.93. The van der Waals surface area contributed by atoms with Crippen molar-refractivity contribution in [2.45, 2.75) is 58.3 Å². The molecule has 2 fully saturated rings. The minimum absolute atomic E-state index is 0.0969. The van der Waals surface area contributed by atoms with E-state index in [1.165, 1.54) is 32.1 Å². The van der Waals surface area contributed by atoms with E-state index in [1.54, 1.807) is 0 Å². The lowest BCUT2D eigenvalue weighted by atomic mass is 9.86. The van der Waals surface area contributed by atoms with Gasteiger partial charge in [0, 0.05) is 38.2 Å². The lowest BCUT2D eigenvalue weighted by molar-refractivity contribution is -0.131. The maximum Gasteiger partial charge on any atom is 0.254 e. The van der Waals surface area contributed by atoms with Crippen LogP contribution in [0, 0.1) is 12.8 Å². The number of hydrogen-bond acceptors (Lipinski definition) is 2. The highest BCUT2D eigenvalue weighted by atomic mass is 16.2. The Morgan fingerprint density at radius 1 is 0.923 bits per heavy atom. The van der Waals surface area contributed by atoms with Crippen molar-refractivity contribution in [1.82, 2.24) is 9.80 Å². The number of carbonyl (C=O) groups excluding carboxylic acids is 2. The second-order valence-electron chi connectivity index (χ2n) is 7.88. The minimum Gasteiger partial charge on any atom is -0.341 e. The van der Waals surface area contributed by atoms with E-state index >= 15 is 0 Å². The summed E-state index contributed by atoms with van der Waals surface area (Å²) < 4.78 is 0. The van der Waals surface area contributed by atoms with Crippen LogP contribution >= 0.6 is 0 Å². The summed E-state index contributed by atoms with van der Waals surface area (Å²) in [4.78, 5) is 29.3. The van der Waals surface area contributed by atoms with Gasteiger partial charge in [-0.1, -0.05) is 50.3 Å². The van der Waals surface area contributed by atoms with Gasteiger partial charge in [-0.25, -0.2) is 0 Å². The van der Waals surface area contributed by atoms with Gasteiger partial charge in [0.1, 0.15) is 0 Å².